The Morgan fingerprint density at radius 3 is 2.81 bits per heavy atom. The maximum Gasteiger partial charge on any atom is 0.328 e. The SMILES string of the molecule is COC(=O)C1CCCN1C(=O)c1cccc([N+](=O)[O-])c1Cl. The first-order valence-corrected chi connectivity index (χ1v) is 6.67. The molecule has 112 valence electrons. The van der Waals surface area contributed by atoms with Crippen LogP contribution in [0.4, 0.5) is 5.69 Å². The molecule has 1 aliphatic heterocycles. The van der Waals surface area contributed by atoms with E-state index < -0.39 is 22.8 Å². The third-order valence-electron chi connectivity index (χ3n) is 3.39. The van der Waals surface area contributed by atoms with Gasteiger partial charge in [-0.2, -0.15) is 0 Å². The van der Waals surface area contributed by atoms with Crippen molar-refractivity contribution >= 4 is 29.2 Å². The Bertz CT molecular complexity index is 604. The monoisotopic (exact) mass is 312 g/mol. The molecular weight excluding hydrogens is 300 g/mol. The number of hydrogen-bond donors (Lipinski definition) is 0. The van der Waals surface area contributed by atoms with E-state index in [0.717, 1.165) is 0 Å². The van der Waals surface area contributed by atoms with Crippen LogP contribution in [0, 0.1) is 10.1 Å². The van der Waals surface area contributed by atoms with E-state index in [4.69, 9.17) is 11.6 Å². The minimum absolute atomic E-state index is 0.0154. The van der Waals surface area contributed by atoms with Gasteiger partial charge in [-0.3, -0.25) is 14.9 Å². The fourth-order valence-corrected chi connectivity index (χ4v) is 2.65. The molecule has 1 atom stereocenters. The second-order valence-electron chi connectivity index (χ2n) is 4.58. The minimum atomic E-state index is -0.669. The van der Waals surface area contributed by atoms with Crippen LogP contribution in [0.25, 0.3) is 0 Å². The molecule has 2 rings (SSSR count). The summed E-state index contributed by atoms with van der Waals surface area (Å²) in [6.45, 7) is 0.387. The number of carbonyl (C=O) groups is 2. The van der Waals surface area contributed by atoms with Crippen molar-refractivity contribution in [1.82, 2.24) is 4.90 Å². The molecule has 1 heterocycles. The molecule has 1 saturated heterocycles. The Morgan fingerprint density at radius 2 is 2.19 bits per heavy atom. The standard InChI is InChI=1S/C13H13ClN2O5/c1-21-13(18)10-6-3-7-15(10)12(17)8-4-2-5-9(11(8)14)16(19)20/h2,4-5,10H,3,6-7H2,1H3. The maximum atomic E-state index is 12.5. The molecule has 1 aromatic carbocycles. The molecule has 0 aromatic heterocycles. The number of halogens is 1. The van der Waals surface area contributed by atoms with Gasteiger partial charge in [0.2, 0.25) is 0 Å². The van der Waals surface area contributed by atoms with E-state index >= 15 is 0 Å². The van der Waals surface area contributed by atoms with E-state index in [-0.39, 0.29) is 16.3 Å². The molecule has 0 aliphatic carbocycles. The molecule has 0 bridgehead atoms. The Morgan fingerprint density at radius 1 is 1.48 bits per heavy atom. The third kappa shape index (κ3) is 2.82. The maximum absolute atomic E-state index is 12.5. The predicted octanol–water partition coefficient (Wildman–Crippen LogP) is 2.03. The van der Waals surface area contributed by atoms with Gasteiger partial charge in [-0.1, -0.05) is 17.7 Å². The predicted molar refractivity (Wildman–Crippen MR) is 74.2 cm³/mol. The van der Waals surface area contributed by atoms with Crippen LogP contribution in [0.15, 0.2) is 18.2 Å². The molecule has 1 unspecified atom stereocenters. The Balaban J connectivity index is 2.34. The number of benzene rings is 1. The largest absolute Gasteiger partial charge is 0.467 e. The highest BCUT2D eigenvalue weighted by molar-refractivity contribution is 6.35. The number of likely N-dealkylation sites (tertiary alicyclic amines) is 1. The third-order valence-corrected chi connectivity index (χ3v) is 3.79. The molecule has 0 saturated carbocycles. The lowest BCUT2D eigenvalue weighted by atomic mass is 10.1. The molecule has 7 nitrogen and oxygen atoms in total. The van der Waals surface area contributed by atoms with Crippen LogP contribution in [0.1, 0.15) is 23.2 Å². The summed E-state index contributed by atoms with van der Waals surface area (Å²) in [5.74, 6) is -1.00. The molecule has 0 spiro atoms. The van der Waals surface area contributed by atoms with Crippen LogP contribution in [0.3, 0.4) is 0 Å². The lowest BCUT2D eigenvalue weighted by molar-refractivity contribution is -0.384. The molecule has 21 heavy (non-hydrogen) atoms. The molecule has 0 N–H and O–H groups in total. The van der Waals surface area contributed by atoms with Crippen molar-refractivity contribution in [2.24, 2.45) is 0 Å². The molecule has 1 fully saturated rings. The van der Waals surface area contributed by atoms with Crippen LogP contribution < -0.4 is 0 Å². The smallest absolute Gasteiger partial charge is 0.328 e. The summed E-state index contributed by atoms with van der Waals surface area (Å²) in [7, 11) is 1.25. The molecular formula is C13H13ClN2O5. The fourth-order valence-electron chi connectivity index (χ4n) is 2.37. The van der Waals surface area contributed by atoms with E-state index in [1.165, 1.54) is 30.2 Å². The highest BCUT2D eigenvalue weighted by Crippen LogP contribution is 2.30. The molecule has 1 aromatic rings. The highest BCUT2D eigenvalue weighted by Gasteiger charge is 2.36. The van der Waals surface area contributed by atoms with Crippen LogP contribution in [0.2, 0.25) is 5.02 Å². The second-order valence-corrected chi connectivity index (χ2v) is 4.95. The summed E-state index contributed by atoms with van der Waals surface area (Å²) in [5, 5.41) is 10.6. The van der Waals surface area contributed by atoms with Crippen molar-refractivity contribution in [1.29, 1.82) is 0 Å². The van der Waals surface area contributed by atoms with Crippen molar-refractivity contribution < 1.29 is 19.2 Å². The summed E-state index contributed by atoms with van der Waals surface area (Å²) in [5.41, 5.74) is -0.321. The number of rotatable bonds is 3. The number of methoxy groups -OCH3 is 1. The van der Waals surface area contributed by atoms with Crippen molar-refractivity contribution in [2.75, 3.05) is 13.7 Å². The number of nitrogens with zero attached hydrogens (tertiary/aromatic N) is 2. The van der Waals surface area contributed by atoms with Crippen LogP contribution in [0.5, 0.6) is 0 Å². The summed E-state index contributed by atoms with van der Waals surface area (Å²) >= 11 is 5.93. The van der Waals surface area contributed by atoms with Gasteiger partial charge < -0.3 is 9.64 Å². The zero-order valence-electron chi connectivity index (χ0n) is 11.2. The average Bonchev–Trinajstić information content (AvgIpc) is 2.95. The van der Waals surface area contributed by atoms with Gasteiger partial charge in [0.25, 0.3) is 11.6 Å². The van der Waals surface area contributed by atoms with Gasteiger partial charge in [0.1, 0.15) is 11.1 Å². The number of carbonyl (C=O) groups excluding carboxylic acids is 2. The molecule has 8 heteroatoms. The zero-order valence-corrected chi connectivity index (χ0v) is 12.0. The number of amides is 1. The van der Waals surface area contributed by atoms with E-state index in [0.29, 0.717) is 19.4 Å². The number of nitro benzene ring substituents is 1. The van der Waals surface area contributed by atoms with Gasteiger partial charge in [0.15, 0.2) is 0 Å². The number of esters is 1. The summed E-state index contributed by atoms with van der Waals surface area (Å²) < 4.78 is 4.67. The average molecular weight is 313 g/mol. The van der Waals surface area contributed by atoms with E-state index in [2.05, 4.69) is 4.74 Å². The highest BCUT2D eigenvalue weighted by atomic mass is 35.5. The van der Waals surface area contributed by atoms with Crippen molar-refractivity contribution in [3.8, 4) is 0 Å². The Kier molecular flexibility index (Phi) is 4.42. The first-order chi connectivity index (χ1) is 9.97. The molecule has 1 amide bonds. The number of ether oxygens (including phenoxy) is 1. The van der Waals surface area contributed by atoms with Gasteiger partial charge in [-0.05, 0) is 18.9 Å². The quantitative estimate of drug-likeness (QED) is 0.484. The summed E-state index contributed by atoms with van der Waals surface area (Å²) in [6.07, 6.45) is 1.17. The van der Waals surface area contributed by atoms with E-state index in [9.17, 15) is 19.7 Å². The molecule has 1 aliphatic rings. The minimum Gasteiger partial charge on any atom is -0.467 e. The van der Waals surface area contributed by atoms with Gasteiger partial charge in [-0.15, -0.1) is 0 Å². The van der Waals surface area contributed by atoms with Gasteiger partial charge in [0.05, 0.1) is 17.6 Å². The van der Waals surface area contributed by atoms with E-state index in [1.54, 1.807) is 0 Å². The van der Waals surface area contributed by atoms with Gasteiger partial charge >= 0.3 is 5.97 Å². The Hall–Kier alpha value is -2.15. The second kappa shape index (κ2) is 6.09. The lowest BCUT2D eigenvalue weighted by Gasteiger charge is -2.23. The summed E-state index contributed by atoms with van der Waals surface area (Å²) in [4.78, 5) is 35.7. The normalized spacial score (nSPS) is 17.6. The first kappa shape index (κ1) is 15.2. The van der Waals surface area contributed by atoms with Crippen molar-refractivity contribution in [3.63, 3.8) is 0 Å². The van der Waals surface area contributed by atoms with Crippen LogP contribution >= 0.6 is 11.6 Å². The van der Waals surface area contributed by atoms with Crippen LogP contribution in [-0.2, 0) is 9.53 Å². The Labute approximate surface area is 125 Å². The van der Waals surface area contributed by atoms with Gasteiger partial charge in [-0.25, -0.2) is 4.79 Å². The van der Waals surface area contributed by atoms with Crippen molar-refractivity contribution in [2.45, 2.75) is 18.9 Å². The summed E-state index contributed by atoms with van der Waals surface area (Å²) in [6, 6.07) is 3.35. The van der Waals surface area contributed by atoms with Crippen LogP contribution in [-0.4, -0.2) is 41.4 Å². The zero-order chi connectivity index (χ0) is 15.6. The molecule has 0 radical (unpaired) electrons. The van der Waals surface area contributed by atoms with Crippen molar-refractivity contribution in [3.05, 3.63) is 38.9 Å². The topological polar surface area (TPSA) is 89.8 Å². The number of hydrogen-bond acceptors (Lipinski definition) is 5. The number of nitro groups is 1. The fraction of sp³-hybridized carbons (Fsp3) is 0.385. The van der Waals surface area contributed by atoms with E-state index in [1.807, 2.05) is 0 Å². The first-order valence-electron chi connectivity index (χ1n) is 6.29. The van der Waals surface area contributed by atoms with Gasteiger partial charge in [0, 0.05) is 12.6 Å². The lowest BCUT2D eigenvalue weighted by Crippen LogP contribution is -2.41.